The van der Waals surface area contributed by atoms with E-state index in [0.717, 1.165) is 28.3 Å². The van der Waals surface area contributed by atoms with E-state index in [0.29, 0.717) is 13.1 Å². The number of benzene rings is 1. The molecule has 0 amide bonds. The van der Waals surface area contributed by atoms with Crippen molar-refractivity contribution in [3.05, 3.63) is 70.8 Å². The van der Waals surface area contributed by atoms with Crippen molar-refractivity contribution < 1.29 is 0 Å². The summed E-state index contributed by atoms with van der Waals surface area (Å²) in [6, 6.07) is 14.4. The molecule has 0 aliphatic heterocycles. The Hall–Kier alpha value is -2.40. The summed E-state index contributed by atoms with van der Waals surface area (Å²) in [7, 11) is 0. The lowest BCUT2D eigenvalue weighted by atomic mass is 9.90. The van der Waals surface area contributed by atoms with Gasteiger partial charge in [-0.2, -0.15) is 10.2 Å². The smallest absolute Gasteiger partial charge is 0.0807 e. The third-order valence-electron chi connectivity index (χ3n) is 4.42. The first-order chi connectivity index (χ1) is 11.4. The number of rotatable bonds is 5. The van der Waals surface area contributed by atoms with Crippen LogP contribution in [0.4, 0.5) is 0 Å². The van der Waals surface area contributed by atoms with Gasteiger partial charge in [0.05, 0.1) is 30.0 Å². The maximum absolute atomic E-state index is 6.92. The fourth-order valence-electron chi connectivity index (χ4n) is 3.21. The van der Waals surface area contributed by atoms with Gasteiger partial charge < -0.3 is 5.73 Å². The lowest BCUT2D eigenvalue weighted by molar-refractivity contribution is 0.289. The molecule has 0 radical (unpaired) electrons. The van der Waals surface area contributed by atoms with E-state index in [9.17, 15) is 0 Å². The van der Waals surface area contributed by atoms with E-state index < -0.39 is 5.54 Å². The van der Waals surface area contributed by atoms with Crippen LogP contribution < -0.4 is 5.73 Å². The zero-order valence-electron chi connectivity index (χ0n) is 14.8. The van der Waals surface area contributed by atoms with Crippen molar-refractivity contribution in [2.45, 2.75) is 46.3 Å². The number of hydrogen-bond donors (Lipinski definition) is 1. The highest BCUT2D eigenvalue weighted by molar-refractivity contribution is 5.25. The quantitative estimate of drug-likeness (QED) is 0.785. The summed E-state index contributed by atoms with van der Waals surface area (Å²) in [6.45, 7) is 9.35. The van der Waals surface area contributed by atoms with Gasteiger partial charge in [0.25, 0.3) is 0 Å². The third-order valence-corrected chi connectivity index (χ3v) is 4.42. The van der Waals surface area contributed by atoms with E-state index >= 15 is 0 Å². The fraction of sp³-hybridized carbons (Fsp3) is 0.368. The van der Waals surface area contributed by atoms with Crippen molar-refractivity contribution in [1.82, 2.24) is 19.6 Å². The highest BCUT2D eigenvalue weighted by Gasteiger charge is 2.30. The predicted octanol–water partition coefficient (Wildman–Crippen LogP) is 2.87. The molecular formula is C19H25N5. The van der Waals surface area contributed by atoms with Crippen LogP contribution in [0.2, 0.25) is 0 Å². The standard InChI is InChI=1S/C19H25N5/c1-14-10-16(3)23(21-14)12-19(20,18-8-6-5-7-9-18)13-24-17(4)11-15(2)22-24/h5-11H,12-13,20H2,1-4H3. The molecule has 126 valence electrons. The van der Waals surface area contributed by atoms with Crippen molar-refractivity contribution >= 4 is 0 Å². The van der Waals surface area contributed by atoms with Gasteiger partial charge in [0.2, 0.25) is 0 Å². The molecule has 5 nitrogen and oxygen atoms in total. The van der Waals surface area contributed by atoms with E-state index in [-0.39, 0.29) is 0 Å². The zero-order chi connectivity index (χ0) is 17.3. The van der Waals surface area contributed by atoms with Crippen LogP contribution in [-0.4, -0.2) is 19.6 Å². The Labute approximate surface area is 143 Å². The average Bonchev–Trinajstić information content (AvgIpc) is 3.01. The zero-order valence-corrected chi connectivity index (χ0v) is 14.8. The summed E-state index contributed by atoms with van der Waals surface area (Å²) in [6.07, 6.45) is 0. The molecule has 2 N–H and O–H groups in total. The van der Waals surface area contributed by atoms with E-state index in [4.69, 9.17) is 5.73 Å². The molecule has 2 aromatic heterocycles. The number of nitrogens with two attached hydrogens (primary N) is 1. The maximum atomic E-state index is 6.92. The Bertz CT molecular complexity index is 781. The van der Waals surface area contributed by atoms with Crippen molar-refractivity contribution in [3.63, 3.8) is 0 Å². The summed E-state index contributed by atoms with van der Waals surface area (Å²) in [5.41, 5.74) is 11.7. The summed E-state index contributed by atoms with van der Waals surface area (Å²) in [5, 5.41) is 9.19. The summed E-state index contributed by atoms with van der Waals surface area (Å²) < 4.78 is 3.99. The number of nitrogens with zero attached hydrogens (tertiary/aromatic N) is 4. The van der Waals surface area contributed by atoms with Crippen LogP contribution in [0.25, 0.3) is 0 Å². The Morgan fingerprint density at radius 3 is 1.67 bits per heavy atom. The molecular weight excluding hydrogens is 298 g/mol. The van der Waals surface area contributed by atoms with Crippen LogP contribution in [-0.2, 0) is 18.6 Å². The van der Waals surface area contributed by atoms with E-state index in [2.05, 4.69) is 48.3 Å². The SMILES string of the molecule is Cc1cc(C)n(CC(N)(Cn2nc(C)cc2C)c2ccccc2)n1. The Kier molecular flexibility index (Phi) is 4.28. The normalized spacial score (nSPS) is 11.9. The lowest BCUT2D eigenvalue weighted by Crippen LogP contribution is -2.45. The van der Waals surface area contributed by atoms with Crippen LogP contribution in [0, 0.1) is 27.7 Å². The maximum Gasteiger partial charge on any atom is 0.0807 e. The first-order valence-electron chi connectivity index (χ1n) is 8.24. The highest BCUT2D eigenvalue weighted by Crippen LogP contribution is 2.24. The van der Waals surface area contributed by atoms with Crippen molar-refractivity contribution in [2.75, 3.05) is 0 Å². The minimum atomic E-state index is -0.590. The molecule has 0 saturated heterocycles. The van der Waals surface area contributed by atoms with Gasteiger partial charge in [-0.25, -0.2) is 0 Å². The molecule has 0 aliphatic carbocycles. The fourth-order valence-corrected chi connectivity index (χ4v) is 3.21. The topological polar surface area (TPSA) is 61.7 Å². The van der Waals surface area contributed by atoms with E-state index in [1.807, 2.05) is 41.4 Å². The largest absolute Gasteiger partial charge is 0.318 e. The minimum absolute atomic E-state index is 0.590. The molecule has 2 heterocycles. The van der Waals surface area contributed by atoms with Crippen molar-refractivity contribution in [1.29, 1.82) is 0 Å². The van der Waals surface area contributed by atoms with Crippen LogP contribution >= 0.6 is 0 Å². The molecule has 1 aromatic carbocycles. The van der Waals surface area contributed by atoms with Crippen LogP contribution in [0.3, 0.4) is 0 Å². The number of hydrogen-bond acceptors (Lipinski definition) is 3. The second-order valence-electron chi connectivity index (χ2n) is 6.69. The van der Waals surface area contributed by atoms with Gasteiger partial charge in [-0.1, -0.05) is 30.3 Å². The Balaban J connectivity index is 2.00. The summed E-state index contributed by atoms with van der Waals surface area (Å²) >= 11 is 0. The van der Waals surface area contributed by atoms with E-state index in [1.54, 1.807) is 0 Å². The minimum Gasteiger partial charge on any atom is -0.318 e. The van der Waals surface area contributed by atoms with Gasteiger partial charge in [-0.3, -0.25) is 9.36 Å². The third kappa shape index (κ3) is 3.26. The van der Waals surface area contributed by atoms with Crippen molar-refractivity contribution in [3.8, 4) is 0 Å². The van der Waals surface area contributed by atoms with Crippen LogP contribution in [0.15, 0.2) is 42.5 Å². The molecule has 5 heteroatoms. The first-order valence-corrected chi connectivity index (χ1v) is 8.24. The number of aromatic nitrogens is 4. The molecule has 0 bridgehead atoms. The van der Waals surface area contributed by atoms with Crippen LogP contribution in [0.1, 0.15) is 28.3 Å². The summed E-state index contributed by atoms with van der Waals surface area (Å²) in [4.78, 5) is 0. The average molecular weight is 323 g/mol. The summed E-state index contributed by atoms with van der Waals surface area (Å²) in [5.74, 6) is 0. The van der Waals surface area contributed by atoms with E-state index in [1.165, 1.54) is 0 Å². The Morgan fingerprint density at radius 2 is 1.29 bits per heavy atom. The predicted molar refractivity (Wildman–Crippen MR) is 95.7 cm³/mol. The molecule has 0 unspecified atom stereocenters. The first kappa shape index (κ1) is 16.5. The Morgan fingerprint density at radius 1 is 0.833 bits per heavy atom. The molecule has 0 aliphatic rings. The van der Waals surface area contributed by atoms with Gasteiger partial charge in [-0.05, 0) is 45.4 Å². The van der Waals surface area contributed by atoms with Crippen LogP contribution in [0.5, 0.6) is 0 Å². The second-order valence-corrected chi connectivity index (χ2v) is 6.69. The number of aryl methyl sites for hydroxylation is 4. The molecule has 0 spiro atoms. The van der Waals surface area contributed by atoms with Gasteiger partial charge >= 0.3 is 0 Å². The molecule has 3 aromatic rings. The van der Waals surface area contributed by atoms with Gasteiger partial charge in [-0.15, -0.1) is 0 Å². The lowest BCUT2D eigenvalue weighted by Gasteiger charge is -2.31. The highest BCUT2D eigenvalue weighted by atomic mass is 15.3. The van der Waals surface area contributed by atoms with Gasteiger partial charge in [0, 0.05) is 11.4 Å². The molecule has 0 fully saturated rings. The van der Waals surface area contributed by atoms with Gasteiger partial charge in [0.1, 0.15) is 0 Å². The monoisotopic (exact) mass is 323 g/mol. The van der Waals surface area contributed by atoms with Crippen molar-refractivity contribution in [2.24, 2.45) is 5.73 Å². The van der Waals surface area contributed by atoms with Gasteiger partial charge in [0.15, 0.2) is 0 Å². The second kappa shape index (κ2) is 6.24. The molecule has 0 saturated carbocycles. The molecule has 24 heavy (non-hydrogen) atoms. The molecule has 0 atom stereocenters. The molecule has 3 rings (SSSR count).